The third-order valence-electron chi connectivity index (χ3n) is 15.0. The van der Waals surface area contributed by atoms with Gasteiger partial charge < -0.3 is 14.7 Å². The molecular weight excluding hydrogens is 719 g/mol. The van der Waals surface area contributed by atoms with Crippen LogP contribution in [-0.4, -0.2) is 68.4 Å². The minimum Gasteiger partial charge on any atom is -0.371 e. The van der Waals surface area contributed by atoms with Crippen molar-refractivity contribution in [2.75, 3.05) is 60.5 Å². The summed E-state index contributed by atoms with van der Waals surface area (Å²) in [6.45, 7) is 13.6. The zero-order valence-electron chi connectivity index (χ0n) is 33.2. The Morgan fingerprint density at radius 3 is 2.28 bits per heavy atom. The molecule has 0 bridgehead atoms. The van der Waals surface area contributed by atoms with Crippen molar-refractivity contribution in [3.8, 4) is 0 Å². The van der Waals surface area contributed by atoms with Crippen LogP contribution in [-0.2, 0) is 15.0 Å². The Balaban J connectivity index is 0.770. The predicted molar refractivity (Wildman–Crippen MR) is 222 cm³/mol. The van der Waals surface area contributed by atoms with Crippen molar-refractivity contribution in [1.29, 1.82) is 0 Å². The monoisotopic (exact) mass is 772 g/mol. The summed E-state index contributed by atoms with van der Waals surface area (Å²) in [5.74, 6) is -1.55. The molecule has 1 saturated carbocycles. The van der Waals surface area contributed by atoms with Crippen LogP contribution in [0.2, 0.25) is 0 Å². The first kappa shape index (κ1) is 36.7. The zero-order chi connectivity index (χ0) is 39.1. The van der Waals surface area contributed by atoms with E-state index in [9.17, 15) is 9.59 Å². The van der Waals surface area contributed by atoms with Crippen molar-refractivity contribution in [1.82, 2.24) is 10.2 Å². The largest absolute Gasteiger partial charge is 0.371 e. The van der Waals surface area contributed by atoms with E-state index in [1.807, 2.05) is 0 Å². The lowest BCUT2D eigenvalue weighted by Gasteiger charge is -2.41. The van der Waals surface area contributed by atoms with E-state index in [2.05, 4.69) is 74.8 Å². The van der Waals surface area contributed by atoms with Crippen LogP contribution in [0.1, 0.15) is 105 Å². The fraction of sp³-hybridized carbons (Fsp3) is 0.511. The normalized spacial score (nSPS) is 24.5. The van der Waals surface area contributed by atoms with Crippen LogP contribution in [0.25, 0.3) is 5.70 Å². The molecule has 1 unspecified atom stereocenters. The number of carbonyl (C=O) groups excluding carboxylic acids is 2. The molecule has 3 aromatic rings. The van der Waals surface area contributed by atoms with E-state index in [1.54, 1.807) is 0 Å². The summed E-state index contributed by atoms with van der Waals surface area (Å²) in [5, 5.41) is 2.22. The molecule has 0 radical (unpaired) electrons. The van der Waals surface area contributed by atoms with Crippen LogP contribution in [0.4, 0.5) is 31.5 Å². The molecule has 57 heavy (non-hydrogen) atoms. The summed E-state index contributed by atoms with van der Waals surface area (Å²) < 4.78 is 30.6. The fourth-order valence-corrected chi connectivity index (χ4v) is 11.8. The maximum atomic E-state index is 15.3. The lowest BCUT2D eigenvalue weighted by molar-refractivity contribution is -0.134. The predicted octanol–water partition coefficient (Wildman–Crippen LogP) is 8.74. The Morgan fingerprint density at radius 2 is 1.54 bits per heavy atom. The molecule has 2 spiro atoms. The summed E-state index contributed by atoms with van der Waals surface area (Å²) >= 11 is 0. The number of hydrogen-bond donors (Lipinski definition) is 1. The van der Waals surface area contributed by atoms with E-state index in [4.69, 9.17) is 4.99 Å². The standard InChI is InChI=1S/C47H54F2N6O2/c1-30-7-6-8-39-42(30)31(2)50-45-47(15-4-3-5-16-47)36-11-9-33(27-40(36)55(39)45)53-20-13-32(14-21-53)28-52-22-17-46(29-52)18-23-54(24-19-46)34-25-37(48)43(38(49)26-34)35-10-12-41(56)51-44(35)57/h6-9,11,25-27,32,35H,2-5,10,12-24,28-29H2,1H3,(H,51,56,57). The number of aryl methyl sites for hydroxylation is 1. The Morgan fingerprint density at radius 1 is 0.825 bits per heavy atom. The highest BCUT2D eigenvalue weighted by Gasteiger charge is 2.51. The van der Waals surface area contributed by atoms with Gasteiger partial charge in [0.2, 0.25) is 11.8 Å². The van der Waals surface area contributed by atoms with Gasteiger partial charge in [0, 0.05) is 68.2 Å². The van der Waals surface area contributed by atoms with E-state index >= 15 is 8.78 Å². The molecule has 10 heteroatoms. The second kappa shape index (κ2) is 14.1. The van der Waals surface area contributed by atoms with E-state index < -0.39 is 29.4 Å². The molecule has 10 rings (SSSR count). The van der Waals surface area contributed by atoms with Crippen LogP contribution in [0.5, 0.6) is 0 Å². The fourth-order valence-electron chi connectivity index (χ4n) is 11.8. The van der Waals surface area contributed by atoms with Gasteiger partial charge in [0.25, 0.3) is 0 Å². The number of fused-ring (bicyclic) bond motifs is 7. The van der Waals surface area contributed by atoms with Gasteiger partial charge in [0.1, 0.15) is 17.5 Å². The molecule has 3 aromatic carbocycles. The number of carbonyl (C=O) groups is 2. The average Bonchev–Trinajstić information content (AvgIpc) is 3.71. The molecule has 4 saturated heterocycles. The summed E-state index contributed by atoms with van der Waals surface area (Å²) in [7, 11) is 0. The summed E-state index contributed by atoms with van der Waals surface area (Å²) in [6.07, 6.45) is 11.8. The highest BCUT2D eigenvalue weighted by molar-refractivity contribution is 6.21. The molecule has 0 aromatic heterocycles. The quantitative estimate of drug-likeness (QED) is 0.262. The van der Waals surface area contributed by atoms with Crippen molar-refractivity contribution in [2.45, 2.75) is 95.3 Å². The van der Waals surface area contributed by atoms with Crippen LogP contribution < -0.4 is 20.0 Å². The molecular formula is C47H54F2N6O2. The molecule has 6 aliphatic heterocycles. The summed E-state index contributed by atoms with van der Waals surface area (Å²) in [4.78, 5) is 39.1. The summed E-state index contributed by atoms with van der Waals surface area (Å²) in [6, 6.07) is 16.6. The molecule has 298 valence electrons. The van der Waals surface area contributed by atoms with E-state index in [0.29, 0.717) is 11.6 Å². The van der Waals surface area contributed by atoms with Crippen LogP contribution in [0, 0.1) is 29.9 Å². The molecule has 8 nitrogen and oxygen atoms in total. The SMILES string of the molecule is C=C1N=C2N(c3cc(N4CCC(CN5CCC6(CCN(c7cc(F)c(C8CCC(=O)NC8=O)c(F)c7)CC6)C5)CC4)ccc3C23CCCCC3)c2cccc(C)c21. The number of amides is 2. The molecule has 1 atom stereocenters. The number of amidine groups is 1. The van der Waals surface area contributed by atoms with Gasteiger partial charge in [-0.15, -0.1) is 0 Å². The number of hydrogen-bond acceptors (Lipinski definition) is 7. The molecule has 2 amide bonds. The lowest BCUT2D eigenvalue weighted by Crippen LogP contribution is -2.43. The highest BCUT2D eigenvalue weighted by Crippen LogP contribution is 2.57. The zero-order valence-corrected chi connectivity index (χ0v) is 33.2. The molecule has 1 N–H and O–H groups in total. The Labute approximate surface area is 335 Å². The van der Waals surface area contributed by atoms with Gasteiger partial charge in [-0.1, -0.05) is 44.0 Å². The van der Waals surface area contributed by atoms with Crippen molar-refractivity contribution < 1.29 is 18.4 Å². The number of anilines is 4. The maximum Gasteiger partial charge on any atom is 0.234 e. The molecule has 5 fully saturated rings. The average molecular weight is 773 g/mol. The first-order valence-electron chi connectivity index (χ1n) is 21.5. The van der Waals surface area contributed by atoms with E-state index in [0.717, 1.165) is 77.2 Å². The second-order valence-corrected chi connectivity index (χ2v) is 18.3. The number of nitrogens with one attached hydrogen (secondary N) is 1. The van der Waals surface area contributed by atoms with Gasteiger partial charge in [-0.3, -0.25) is 19.8 Å². The number of aliphatic imine (C=N–C) groups is 1. The number of likely N-dealkylation sites (tertiary alicyclic amines) is 1. The Kier molecular flexibility index (Phi) is 9.07. The van der Waals surface area contributed by atoms with Crippen LogP contribution in [0.15, 0.2) is 60.1 Å². The second-order valence-electron chi connectivity index (χ2n) is 18.3. The lowest BCUT2D eigenvalue weighted by atomic mass is 9.69. The van der Waals surface area contributed by atoms with Crippen LogP contribution >= 0.6 is 0 Å². The topological polar surface area (TPSA) is 71.5 Å². The van der Waals surface area contributed by atoms with Crippen LogP contribution in [0.3, 0.4) is 0 Å². The van der Waals surface area contributed by atoms with Crippen molar-refractivity contribution >= 4 is 46.1 Å². The Bertz CT molecular complexity index is 2150. The molecule has 7 aliphatic rings. The number of benzene rings is 3. The number of piperidine rings is 3. The number of nitrogens with zero attached hydrogens (tertiary/aromatic N) is 5. The van der Waals surface area contributed by atoms with E-state index in [-0.39, 0.29) is 29.2 Å². The highest BCUT2D eigenvalue weighted by atomic mass is 19.1. The Hall–Kier alpha value is -4.57. The van der Waals surface area contributed by atoms with Gasteiger partial charge in [-0.25, -0.2) is 13.8 Å². The van der Waals surface area contributed by atoms with Gasteiger partial charge >= 0.3 is 0 Å². The van der Waals surface area contributed by atoms with E-state index in [1.165, 1.54) is 90.2 Å². The van der Waals surface area contributed by atoms with Gasteiger partial charge in [0.05, 0.1) is 28.4 Å². The van der Waals surface area contributed by atoms with Gasteiger partial charge in [-0.2, -0.15) is 0 Å². The third kappa shape index (κ3) is 6.19. The van der Waals surface area contributed by atoms with Gasteiger partial charge in [-0.05, 0) is 118 Å². The maximum absolute atomic E-state index is 15.3. The van der Waals surface area contributed by atoms with Crippen molar-refractivity contribution in [3.05, 3.63) is 89.0 Å². The number of rotatable bonds is 5. The smallest absolute Gasteiger partial charge is 0.234 e. The third-order valence-corrected chi connectivity index (χ3v) is 15.0. The molecule has 6 heterocycles. The molecule has 1 aliphatic carbocycles. The van der Waals surface area contributed by atoms with Crippen molar-refractivity contribution in [3.63, 3.8) is 0 Å². The first-order valence-corrected chi connectivity index (χ1v) is 21.5. The number of imide groups is 1. The van der Waals surface area contributed by atoms with Gasteiger partial charge in [0.15, 0.2) is 0 Å². The van der Waals surface area contributed by atoms with Crippen molar-refractivity contribution in [2.24, 2.45) is 16.3 Å². The summed E-state index contributed by atoms with van der Waals surface area (Å²) in [5.41, 5.74) is 9.10. The first-order chi connectivity index (χ1) is 27.6. The minimum absolute atomic E-state index is 0.0337. The minimum atomic E-state index is -0.978. The number of halogens is 2.